The van der Waals surface area contributed by atoms with Crippen LogP contribution in [0.25, 0.3) is 5.57 Å². The summed E-state index contributed by atoms with van der Waals surface area (Å²) in [7, 11) is 0. The first-order valence-electron chi connectivity index (χ1n) is 8.74. The van der Waals surface area contributed by atoms with Gasteiger partial charge in [-0.15, -0.1) is 0 Å². The zero-order chi connectivity index (χ0) is 18.9. The summed E-state index contributed by atoms with van der Waals surface area (Å²) in [5.41, 5.74) is 5.77. The zero-order valence-electron chi connectivity index (χ0n) is 15.0. The summed E-state index contributed by atoms with van der Waals surface area (Å²) < 4.78 is 0.632. The molecule has 1 aliphatic rings. The summed E-state index contributed by atoms with van der Waals surface area (Å²) >= 11 is 9.45. The smallest absolute Gasteiger partial charge is 0.336 e. The average Bonchev–Trinajstić information content (AvgIpc) is 2.57. The zero-order valence-corrected chi connectivity index (χ0v) is 17.3. The maximum atomic E-state index is 11.2. The second-order valence-electron chi connectivity index (χ2n) is 7.73. The number of hydrogen-bond donors (Lipinski definition) is 1. The fourth-order valence-electron chi connectivity index (χ4n) is 3.57. The van der Waals surface area contributed by atoms with E-state index in [9.17, 15) is 9.90 Å². The normalized spacial score (nSPS) is 16.6. The van der Waals surface area contributed by atoms with Crippen molar-refractivity contribution in [2.45, 2.75) is 39.5 Å². The molecule has 0 radical (unpaired) electrons. The van der Waals surface area contributed by atoms with Crippen molar-refractivity contribution in [3.8, 4) is 0 Å². The van der Waals surface area contributed by atoms with Crippen molar-refractivity contribution in [3.05, 3.63) is 74.2 Å². The molecular formula is C22H22BrClO2. The first-order valence-corrected chi connectivity index (χ1v) is 9.91. The van der Waals surface area contributed by atoms with Gasteiger partial charge >= 0.3 is 5.97 Å². The minimum atomic E-state index is -0.913. The van der Waals surface area contributed by atoms with Crippen LogP contribution < -0.4 is 0 Å². The van der Waals surface area contributed by atoms with Crippen molar-refractivity contribution in [2.75, 3.05) is 0 Å². The lowest BCUT2D eigenvalue weighted by molar-refractivity contribution is 0.0696. The molecule has 0 saturated carbocycles. The Labute approximate surface area is 168 Å². The summed E-state index contributed by atoms with van der Waals surface area (Å²) in [6.07, 6.45) is 4.10. The molecule has 136 valence electrons. The fraction of sp³-hybridized carbons (Fsp3) is 0.318. The Balaban J connectivity index is 1.97. The summed E-state index contributed by atoms with van der Waals surface area (Å²) in [5, 5.41) is 9.95. The van der Waals surface area contributed by atoms with Gasteiger partial charge in [0.1, 0.15) is 0 Å². The van der Waals surface area contributed by atoms with Gasteiger partial charge in [0.05, 0.1) is 5.56 Å². The minimum Gasteiger partial charge on any atom is -0.478 e. The number of aromatic carboxylic acids is 1. The highest BCUT2D eigenvalue weighted by Gasteiger charge is 2.27. The van der Waals surface area contributed by atoms with Gasteiger partial charge in [-0.05, 0) is 88.0 Å². The maximum absolute atomic E-state index is 11.2. The monoisotopic (exact) mass is 432 g/mol. The van der Waals surface area contributed by atoms with Crippen molar-refractivity contribution >= 4 is 39.1 Å². The van der Waals surface area contributed by atoms with Gasteiger partial charge in [-0.25, -0.2) is 4.79 Å². The van der Waals surface area contributed by atoms with E-state index in [1.165, 1.54) is 16.7 Å². The van der Waals surface area contributed by atoms with Crippen LogP contribution in [0.5, 0.6) is 0 Å². The largest absolute Gasteiger partial charge is 0.478 e. The fourth-order valence-corrected chi connectivity index (χ4v) is 4.29. The van der Waals surface area contributed by atoms with E-state index in [4.69, 9.17) is 11.6 Å². The third kappa shape index (κ3) is 4.39. The van der Waals surface area contributed by atoms with Crippen LogP contribution in [0, 0.1) is 5.41 Å². The second-order valence-corrected chi connectivity index (χ2v) is 9.02. The van der Waals surface area contributed by atoms with Gasteiger partial charge in [0, 0.05) is 9.50 Å². The molecule has 0 aromatic heterocycles. The number of halogens is 2. The molecule has 0 unspecified atom stereocenters. The number of allylic oxidation sites excluding steroid dienone is 2. The van der Waals surface area contributed by atoms with Crippen LogP contribution in [0.15, 0.2) is 52.5 Å². The van der Waals surface area contributed by atoms with Crippen LogP contribution in [0.4, 0.5) is 0 Å². The topological polar surface area (TPSA) is 37.3 Å². The van der Waals surface area contributed by atoms with Crippen LogP contribution in [-0.4, -0.2) is 11.1 Å². The van der Waals surface area contributed by atoms with Gasteiger partial charge in [-0.3, -0.25) is 0 Å². The van der Waals surface area contributed by atoms with Gasteiger partial charge in [0.2, 0.25) is 0 Å². The number of carboxylic acid groups (broad SMARTS) is 1. The SMILES string of the molecule is CC1(C)CCC(Cc2ccc(C(=O)O)c(Br)c2)=C(c2ccc(Cl)cc2)C1. The van der Waals surface area contributed by atoms with Crippen LogP contribution in [0.3, 0.4) is 0 Å². The number of benzene rings is 2. The Kier molecular flexibility index (Phi) is 5.59. The van der Waals surface area contributed by atoms with Gasteiger partial charge < -0.3 is 5.11 Å². The Hall–Kier alpha value is -1.58. The quantitative estimate of drug-likeness (QED) is 0.563. The van der Waals surface area contributed by atoms with Gasteiger partial charge in [0.25, 0.3) is 0 Å². The van der Waals surface area contributed by atoms with Crippen molar-refractivity contribution in [1.82, 2.24) is 0 Å². The highest BCUT2D eigenvalue weighted by molar-refractivity contribution is 9.10. The van der Waals surface area contributed by atoms with E-state index in [1.807, 2.05) is 24.3 Å². The minimum absolute atomic E-state index is 0.284. The van der Waals surface area contributed by atoms with E-state index in [0.29, 0.717) is 10.0 Å². The molecule has 1 aliphatic carbocycles. The molecule has 0 heterocycles. The van der Waals surface area contributed by atoms with Crippen LogP contribution in [0.1, 0.15) is 54.6 Å². The molecule has 2 aromatic carbocycles. The van der Waals surface area contributed by atoms with E-state index in [1.54, 1.807) is 6.07 Å². The molecule has 0 bridgehead atoms. The molecule has 0 spiro atoms. The van der Waals surface area contributed by atoms with Crippen molar-refractivity contribution in [1.29, 1.82) is 0 Å². The number of hydrogen-bond acceptors (Lipinski definition) is 1. The van der Waals surface area contributed by atoms with Crippen LogP contribution >= 0.6 is 27.5 Å². The van der Waals surface area contributed by atoms with Crippen molar-refractivity contribution in [3.63, 3.8) is 0 Å². The van der Waals surface area contributed by atoms with Crippen molar-refractivity contribution < 1.29 is 9.90 Å². The first-order chi connectivity index (χ1) is 12.2. The summed E-state index contributed by atoms with van der Waals surface area (Å²) in [5.74, 6) is -0.913. The van der Waals surface area contributed by atoms with Crippen LogP contribution in [-0.2, 0) is 6.42 Å². The number of carbonyl (C=O) groups is 1. The molecule has 0 fully saturated rings. The molecule has 4 heteroatoms. The molecule has 0 atom stereocenters. The molecule has 1 N–H and O–H groups in total. The lowest BCUT2D eigenvalue weighted by Gasteiger charge is -2.34. The third-order valence-electron chi connectivity index (χ3n) is 5.06. The average molecular weight is 434 g/mol. The molecule has 3 rings (SSSR count). The molecule has 0 saturated heterocycles. The predicted octanol–water partition coefficient (Wildman–Crippen LogP) is 7.01. The Morgan fingerprint density at radius 1 is 1.19 bits per heavy atom. The summed E-state index contributed by atoms with van der Waals surface area (Å²) in [6, 6.07) is 13.6. The summed E-state index contributed by atoms with van der Waals surface area (Å²) in [4.78, 5) is 11.2. The molecular weight excluding hydrogens is 412 g/mol. The van der Waals surface area contributed by atoms with E-state index in [-0.39, 0.29) is 5.41 Å². The second kappa shape index (κ2) is 7.58. The Bertz CT molecular complexity index is 866. The van der Waals surface area contributed by atoms with E-state index in [0.717, 1.165) is 36.3 Å². The molecule has 2 aromatic rings. The highest BCUT2D eigenvalue weighted by atomic mass is 79.9. The van der Waals surface area contributed by atoms with Crippen molar-refractivity contribution in [2.24, 2.45) is 5.41 Å². The maximum Gasteiger partial charge on any atom is 0.336 e. The van der Waals surface area contributed by atoms with E-state index < -0.39 is 5.97 Å². The lowest BCUT2D eigenvalue weighted by Crippen LogP contribution is -2.19. The third-order valence-corrected chi connectivity index (χ3v) is 5.97. The number of rotatable bonds is 4. The molecule has 2 nitrogen and oxygen atoms in total. The van der Waals surface area contributed by atoms with E-state index >= 15 is 0 Å². The standard InChI is InChI=1S/C22H22BrClO2/c1-22(2)10-9-16(19(13-22)15-4-6-17(24)7-5-15)11-14-3-8-18(21(25)26)20(23)12-14/h3-8,12H,9-11,13H2,1-2H3,(H,25,26). The highest BCUT2D eigenvalue weighted by Crippen LogP contribution is 2.44. The first kappa shape index (κ1) is 19.2. The van der Waals surface area contributed by atoms with E-state index in [2.05, 4.69) is 41.9 Å². The molecule has 0 amide bonds. The van der Waals surface area contributed by atoms with Gasteiger partial charge in [-0.1, -0.05) is 49.2 Å². The predicted molar refractivity (Wildman–Crippen MR) is 111 cm³/mol. The molecule has 26 heavy (non-hydrogen) atoms. The Morgan fingerprint density at radius 2 is 1.88 bits per heavy atom. The van der Waals surface area contributed by atoms with Crippen LogP contribution in [0.2, 0.25) is 5.02 Å². The lowest BCUT2D eigenvalue weighted by atomic mass is 9.71. The van der Waals surface area contributed by atoms with Gasteiger partial charge in [-0.2, -0.15) is 0 Å². The Morgan fingerprint density at radius 3 is 2.50 bits per heavy atom. The molecule has 0 aliphatic heterocycles. The number of carboxylic acids is 1. The van der Waals surface area contributed by atoms with Gasteiger partial charge in [0.15, 0.2) is 0 Å². The summed E-state index contributed by atoms with van der Waals surface area (Å²) in [6.45, 7) is 4.63.